The first-order chi connectivity index (χ1) is 37.3. The van der Waals surface area contributed by atoms with Crippen LogP contribution in [0.4, 0.5) is 0 Å². The smallest absolute Gasteiger partial charge is 0.0634 e. The average Bonchev–Trinajstić information content (AvgIpc) is 2.34. The summed E-state index contributed by atoms with van der Waals surface area (Å²) in [7, 11) is 0. The summed E-state index contributed by atoms with van der Waals surface area (Å²) in [4.78, 5) is 0. The van der Waals surface area contributed by atoms with Gasteiger partial charge in [-0.2, -0.15) is 0 Å². The number of rotatable bonds is 2. The zero-order chi connectivity index (χ0) is 53.7. The van der Waals surface area contributed by atoms with Gasteiger partial charge < -0.3 is 8.80 Å². The molecule has 0 unspecified atom stereocenters. The molecule has 0 atom stereocenters. The lowest BCUT2D eigenvalue weighted by atomic mass is 9.77. The zero-order valence-corrected chi connectivity index (χ0v) is 47.2. The second-order valence-electron chi connectivity index (χ2n) is 26.9. The number of benzene rings is 10. The summed E-state index contributed by atoms with van der Waals surface area (Å²) in [6.07, 6.45) is 0. The predicted molar refractivity (Wildman–Crippen MR) is 337 cm³/mol. The summed E-state index contributed by atoms with van der Waals surface area (Å²) in [5, 5.41) is 10.3. The molecule has 78 heavy (non-hydrogen) atoms. The molecule has 4 heterocycles. The molecule has 2 nitrogen and oxygen atoms in total. The molecule has 0 fully saturated rings. The van der Waals surface area contributed by atoms with E-state index in [2.05, 4.69) is 274 Å². The van der Waals surface area contributed by atoms with Gasteiger partial charge in [-0.25, -0.2) is 0 Å². The Morgan fingerprint density at radius 1 is 0.244 bits per heavy atom. The van der Waals surface area contributed by atoms with Crippen molar-refractivity contribution in [2.24, 2.45) is 0 Å². The SMILES string of the molecule is CC(C)(C)c1cc(-c2c3c4cccc5c6cc7c(cc6n(c3c(-c3cc(C(C)(C)C)cc(C(C)(C)C)c3)c3c6cccc8c9ccccc9n(c23)c86)c54)-c2ccccc2-c2ccccc2-c2ccccc2-7)cc(C(C)(C)C)c1. The molecule has 1 aliphatic carbocycles. The van der Waals surface area contributed by atoms with E-state index >= 15 is 0 Å². The second kappa shape index (κ2) is 15.7. The first kappa shape index (κ1) is 47.0. The summed E-state index contributed by atoms with van der Waals surface area (Å²) < 4.78 is 5.41. The molecule has 1 aliphatic rings. The number of para-hydroxylation sites is 3. The van der Waals surface area contributed by atoms with Crippen LogP contribution in [0.5, 0.6) is 0 Å². The lowest BCUT2D eigenvalue weighted by Crippen LogP contribution is -2.16. The van der Waals surface area contributed by atoms with Gasteiger partial charge in [0.25, 0.3) is 0 Å². The lowest BCUT2D eigenvalue weighted by Gasteiger charge is -2.28. The van der Waals surface area contributed by atoms with Crippen LogP contribution in [-0.2, 0) is 21.7 Å². The van der Waals surface area contributed by atoms with Gasteiger partial charge in [-0.3, -0.25) is 0 Å². The van der Waals surface area contributed by atoms with Crippen molar-refractivity contribution in [3.63, 3.8) is 0 Å². The molecule has 0 N–H and O–H groups in total. The standard InChI is InChI=1S/C76H66N2/c1-73(2,3)45-35-43(36-46(39-45)74(4,5)6)65-68-59-33-22-31-57-62-41-60-53-27-17-15-25-51(53)49-23-13-14-24-50(49)52-26-16-18-28-54(52)61(60)42-64(62)78(70(57)59)72(68)66(44-37-47(75(7,8)9)40-48(38-44)76(10,11)12)67-58-32-21-30-56-55-29-19-20-34-63(55)77(69(56)58)71(65)67/h13-42H,1-12H3. The highest BCUT2D eigenvalue weighted by molar-refractivity contribution is 6.38. The summed E-state index contributed by atoms with van der Waals surface area (Å²) >= 11 is 0. The fourth-order valence-electron chi connectivity index (χ4n) is 13.8. The first-order valence-electron chi connectivity index (χ1n) is 28.3. The lowest BCUT2D eigenvalue weighted by molar-refractivity contribution is 0.568. The highest BCUT2D eigenvalue weighted by Crippen LogP contribution is 2.57. The maximum atomic E-state index is 2.74. The zero-order valence-electron chi connectivity index (χ0n) is 47.2. The van der Waals surface area contributed by atoms with Crippen LogP contribution in [0.1, 0.15) is 105 Å². The van der Waals surface area contributed by atoms with Gasteiger partial charge in [0.15, 0.2) is 0 Å². The van der Waals surface area contributed by atoms with Gasteiger partial charge in [-0.15, -0.1) is 0 Å². The molecule has 10 aromatic carbocycles. The second-order valence-corrected chi connectivity index (χ2v) is 26.9. The molecule has 14 aromatic rings. The number of aromatic nitrogens is 2. The molecule has 0 bridgehead atoms. The molecule has 15 rings (SSSR count). The Bertz CT molecular complexity index is 4800. The van der Waals surface area contributed by atoms with Gasteiger partial charge in [0, 0.05) is 54.2 Å². The molecular weight excluding hydrogens is 941 g/mol. The average molecular weight is 1010 g/mol. The number of nitrogens with zero attached hydrogens (tertiary/aromatic N) is 2. The van der Waals surface area contributed by atoms with E-state index in [4.69, 9.17) is 0 Å². The van der Waals surface area contributed by atoms with E-state index in [1.54, 1.807) is 0 Å². The van der Waals surface area contributed by atoms with Gasteiger partial charge in [-0.05, 0) is 118 Å². The minimum atomic E-state index is -0.102. The first-order valence-corrected chi connectivity index (χ1v) is 28.3. The van der Waals surface area contributed by atoms with Gasteiger partial charge in [0.1, 0.15) is 0 Å². The van der Waals surface area contributed by atoms with Gasteiger partial charge in [0.2, 0.25) is 0 Å². The molecule has 0 aliphatic heterocycles. The van der Waals surface area contributed by atoms with Crippen molar-refractivity contribution in [3.8, 4) is 66.8 Å². The highest BCUT2D eigenvalue weighted by atomic mass is 14.9. The topological polar surface area (TPSA) is 8.82 Å². The minimum Gasteiger partial charge on any atom is -0.307 e. The van der Waals surface area contributed by atoms with E-state index in [1.165, 1.54) is 165 Å². The maximum Gasteiger partial charge on any atom is 0.0634 e. The fraction of sp³-hybridized carbons (Fsp3) is 0.211. The third-order valence-electron chi connectivity index (χ3n) is 17.9. The van der Waals surface area contributed by atoms with Gasteiger partial charge in [0.05, 0.1) is 33.1 Å². The van der Waals surface area contributed by atoms with Crippen molar-refractivity contribution >= 4 is 76.2 Å². The molecule has 4 aromatic heterocycles. The summed E-state index contributed by atoms with van der Waals surface area (Å²) in [5.74, 6) is 0. The van der Waals surface area contributed by atoms with Crippen LogP contribution >= 0.6 is 0 Å². The Kier molecular flexibility index (Phi) is 9.49. The van der Waals surface area contributed by atoms with Crippen LogP contribution < -0.4 is 0 Å². The molecule has 0 amide bonds. The van der Waals surface area contributed by atoms with E-state index in [0.717, 1.165) is 0 Å². The van der Waals surface area contributed by atoms with E-state index in [-0.39, 0.29) is 21.7 Å². The number of fused-ring (bicyclic) bond motifs is 20. The van der Waals surface area contributed by atoms with E-state index in [0.29, 0.717) is 0 Å². The van der Waals surface area contributed by atoms with Crippen LogP contribution in [0.2, 0.25) is 0 Å². The molecule has 0 saturated heterocycles. The molecule has 0 radical (unpaired) electrons. The van der Waals surface area contributed by atoms with Crippen LogP contribution in [0, 0.1) is 0 Å². The normalized spacial score (nSPS) is 13.4. The predicted octanol–water partition coefficient (Wildman–Crippen LogP) is 21.5. The number of hydrogen-bond donors (Lipinski definition) is 0. The van der Waals surface area contributed by atoms with Crippen molar-refractivity contribution in [2.45, 2.75) is 105 Å². The van der Waals surface area contributed by atoms with Gasteiger partial charge in [-0.1, -0.05) is 247 Å². The molecular formula is C76H66N2. The van der Waals surface area contributed by atoms with E-state index in [1.807, 2.05) is 0 Å². The van der Waals surface area contributed by atoms with Crippen LogP contribution in [0.3, 0.4) is 0 Å². The maximum absolute atomic E-state index is 2.74. The highest BCUT2D eigenvalue weighted by Gasteiger charge is 2.34. The largest absolute Gasteiger partial charge is 0.307 e. The molecule has 0 spiro atoms. The number of hydrogen-bond acceptors (Lipinski definition) is 0. The van der Waals surface area contributed by atoms with Crippen LogP contribution in [0.15, 0.2) is 182 Å². The summed E-state index contributed by atoms with van der Waals surface area (Å²) in [5.41, 5.74) is 27.8. The summed E-state index contributed by atoms with van der Waals surface area (Å²) in [6.45, 7) is 28.5. The van der Waals surface area contributed by atoms with Crippen molar-refractivity contribution in [2.75, 3.05) is 0 Å². The fourth-order valence-corrected chi connectivity index (χ4v) is 13.8. The van der Waals surface area contributed by atoms with Crippen molar-refractivity contribution in [1.82, 2.24) is 8.80 Å². The quantitative estimate of drug-likeness (QED) is 0.163. The Morgan fingerprint density at radius 3 is 0.974 bits per heavy atom. The monoisotopic (exact) mass is 1010 g/mol. The Balaban J connectivity index is 1.24. The third-order valence-corrected chi connectivity index (χ3v) is 17.9. The van der Waals surface area contributed by atoms with Crippen LogP contribution in [0.25, 0.3) is 143 Å². The third kappa shape index (κ3) is 6.50. The van der Waals surface area contributed by atoms with Crippen molar-refractivity contribution in [3.05, 3.63) is 204 Å². The van der Waals surface area contributed by atoms with Crippen LogP contribution in [-0.4, -0.2) is 8.80 Å². The summed E-state index contributed by atoms with van der Waals surface area (Å²) in [6, 6.07) is 70.9. The van der Waals surface area contributed by atoms with E-state index in [9.17, 15) is 0 Å². The minimum absolute atomic E-state index is 0.0942. The Morgan fingerprint density at radius 2 is 0.564 bits per heavy atom. The van der Waals surface area contributed by atoms with Gasteiger partial charge >= 0.3 is 0 Å². The van der Waals surface area contributed by atoms with Crippen molar-refractivity contribution < 1.29 is 0 Å². The molecule has 0 saturated carbocycles. The Labute approximate surface area is 458 Å². The Hall–Kier alpha value is -8.20. The molecule has 2 heteroatoms. The molecule has 380 valence electrons. The van der Waals surface area contributed by atoms with E-state index < -0.39 is 0 Å². The van der Waals surface area contributed by atoms with Crippen molar-refractivity contribution in [1.29, 1.82) is 0 Å².